The van der Waals surface area contributed by atoms with E-state index in [4.69, 9.17) is 14.5 Å². The number of guanidine groups is 1. The number of rotatable bonds is 7. The molecule has 0 radical (unpaired) electrons. The molecule has 0 atom stereocenters. The van der Waals surface area contributed by atoms with Gasteiger partial charge in [-0.3, -0.25) is 4.90 Å². The van der Waals surface area contributed by atoms with Gasteiger partial charge in [0.15, 0.2) is 5.96 Å². The summed E-state index contributed by atoms with van der Waals surface area (Å²) >= 11 is 0. The van der Waals surface area contributed by atoms with E-state index in [9.17, 15) is 0 Å². The average molecular weight is 476 g/mol. The second kappa shape index (κ2) is 11.6. The van der Waals surface area contributed by atoms with E-state index in [1.807, 2.05) is 24.3 Å². The van der Waals surface area contributed by atoms with Gasteiger partial charge in [-0.15, -0.1) is 24.0 Å². The molecule has 2 N–H and O–H groups in total. The lowest BCUT2D eigenvalue weighted by Gasteiger charge is -2.41. The monoisotopic (exact) mass is 476 g/mol. The molecule has 0 unspecified atom stereocenters. The normalized spacial score (nSPS) is 15.9. The molecule has 148 valence electrons. The minimum Gasteiger partial charge on any atom is -0.497 e. The third kappa shape index (κ3) is 7.28. The van der Waals surface area contributed by atoms with Crippen molar-refractivity contribution in [3.63, 3.8) is 0 Å². The molecule has 0 aliphatic carbocycles. The number of aliphatic imine (C=N–C) groups is 1. The van der Waals surface area contributed by atoms with Crippen LogP contribution in [0, 0.1) is 0 Å². The SMILES string of the molecule is CCNC(=NCc1ccc(OC)cc1)NCC(C)(C)N1CCOCC1.I. The molecule has 1 saturated heterocycles. The van der Waals surface area contributed by atoms with E-state index in [-0.39, 0.29) is 29.5 Å². The second-order valence-electron chi connectivity index (χ2n) is 6.81. The van der Waals surface area contributed by atoms with Gasteiger partial charge < -0.3 is 20.1 Å². The average Bonchev–Trinajstić information content (AvgIpc) is 2.65. The number of hydrogen-bond acceptors (Lipinski definition) is 4. The maximum Gasteiger partial charge on any atom is 0.191 e. The Balaban J connectivity index is 0.00000338. The number of hydrogen-bond donors (Lipinski definition) is 2. The van der Waals surface area contributed by atoms with Crippen molar-refractivity contribution in [2.75, 3.05) is 46.5 Å². The first-order chi connectivity index (χ1) is 12.0. The van der Waals surface area contributed by atoms with E-state index < -0.39 is 0 Å². The molecule has 1 aliphatic heterocycles. The van der Waals surface area contributed by atoms with Crippen molar-refractivity contribution in [1.82, 2.24) is 15.5 Å². The van der Waals surface area contributed by atoms with Gasteiger partial charge in [-0.1, -0.05) is 12.1 Å². The van der Waals surface area contributed by atoms with Crippen molar-refractivity contribution in [1.29, 1.82) is 0 Å². The van der Waals surface area contributed by atoms with E-state index in [0.29, 0.717) is 6.54 Å². The minimum absolute atomic E-state index is 0. The molecule has 1 aromatic carbocycles. The Morgan fingerprint density at radius 2 is 1.85 bits per heavy atom. The number of halogens is 1. The smallest absolute Gasteiger partial charge is 0.191 e. The van der Waals surface area contributed by atoms with Crippen LogP contribution in [0.3, 0.4) is 0 Å². The molecule has 2 rings (SSSR count). The third-order valence-corrected chi connectivity index (χ3v) is 4.48. The summed E-state index contributed by atoms with van der Waals surface area (Å²) in [5.74, 6) is 1.71. The van der Waals surface area contributed by atoms with Crippen molar-refractivity contribution in [2.45, 2.75) is 32.9 Å². The van der Waals surface area contributed by atoms with Crippen molar-refractivity contribution >= 4 is 29.9 Å². The fourth-order valence-electron chi connectivity index (χ4n) is 2.82. The molecule has 6 nitrogen and oxygen atoms in total. The zero-order valence-corrected chi connectivity index (χ0v) is 18.7. The highest BCUT2D eigenvalue weighted by molar-refractivity contribution is 14.0. The summed E-state index contributed by atoms with van der Waals surface area (Å²) in [6.07, 6.45) is 0. The van der Waals surface area contributed by atoms with Crippen molar-refractivity contribution in [3.8, 4) is 5.75 Å². The van der Waals surface area contributed by atoms with Crippen molar-refractivity contribution in [3.05, 3.63) is 29.8 Å². The Morgan fingerprint density at radius 3 is 2.42 bits per heavy atom. The van der Waals surface area contributed by atoms with Gasteiger partial charge in [-0.2, -0.15) is 0 Å². The highest BCUT2D eigenvalue weighted by Crippen LogP contribution is 2.15. The summed E-state index contributed by atoms with van der Waals surface area (Å²) in [5.41, 5.74) is 1.21. The first-order valence-electron chi connectivity index (χ1n) is 9.03. The summed E-state index contributed by atoms with van der Waals surface area (Å²) in [6, 6.07) is 8.02. The van der Waals surface area contributed by atoms with Gasteiger partial charge in [-0.05, 0) is 38.5 Å². The van der Waals surface area contributed by atoms with Crippen LogP contribution in [-0.2, 0) is 11.3 Å². The minimum atomic E-state index is 0. The molecule has 0 spiro atoms. The van der Waals surface area contributed by atoms with E-state index in [0.717, 1.165) is 56.7 Å². The highest BCUT2D eigenvalue weighted by Gasteiger charge is 2.28. The Morgan fingerprint density at radius 1 is 1.19 bits per heavy atom. The standard InChI is InChI=1S/C19H32N4O2.HI/c1-5-20-18(21-14-16-6-8-17(24-4)9-7-16)22-15-19(2,3)23-10-12-25-13-11-23;/h6-9H,5,10-15H2,1-4H3,(H2,20,21,22);1H. The molecule has 0 saturated carbocycles. The van der Waals surface area contributed by atoms with Crippen molar-refractivity contribution < 1.29 is 9.47 Å². The molecule has 26 heavy (non-hydrogen) atoms. The van der Waals surface area contributed by atoms with Gasteiger partial charge in [-0.25, -0.2) is 4.99 Å². The highest BCUT2D eigenvalue weighted by atomic mass is 127. The predicted molar refractivity (Wildman–Crippen MR) is 118 cm³/mol. The van der Waals surface area contributed by atoms with Crippen LogP contribution in [0.25, 0.3) is 0 Å². The van der Waals surface area contributed by atoms with E-state index in [1.165, 1.54) is 0 Å². The zero-order chi connectivity index (χ0) is 18.1. The first-order valence-corrected chi connectivity index (χ1v) is 9.03. The molecule has 0 bridgehead atoms. The Labute approximate surface area is 174 Å². The number of morpholine rings is 1. The fourth-order valence-corrected chi connectivity index (χ4v) is 2.82. The molecule has 0 aromatic heterocycles. The first kappa shape index (κ1) is 23.0. The topological polar surface area (TPSA) is 58.1 Å². The quantitative estimate of drug-likeness (QED) is 0.360. The Bertz CT molecular complexity index is 543. The van der Waals surface area contributed by atoms with E-state index in [1.54, 1.807) is 7.11 Å². The molecular weight excluding hydrogens is 443 g/mol. The Kier molecular flexibility index (Phi) is 10.3. The van der Waals surface area contributed by atoms with Gasteiger partial charge >= 0.3 is 0 Å². The van der Waals surface area contributed by atoms with Gasteiger partial charge in [0.2, 0.25) is 0 Å². The molecule has 1 heterocycles. The number of nitrogens with one attached hydrogen (secondary N) is 2. The lowest BCUT2D eigenvalue weighted by atomic mass is 10.0. The summed E-state index contributed by atoms with van der Waals surface area (Å²) in [6.45, 7) is 12.5. The third-order valence-electron chi connectivity index (χ3n) is 4.48. The van der Waals surface area contributed by atoms with E-state index >= 15 is 0 Å². The lowest BCUT2D eigenvalue weighted by molar-refractivity contribution is -0.00834. The van der Waals surface area contributed by atoms with Crippen LogP contribution in [-0.4, -0.2) is 62.9 Å². The molecule has 1 aromatic rings. The summed E-state index contributed by atoms with van der Waals surface area (Å²) < 4.78 is 10.6. The van der Waals surface area contributed by atoms with Gasteiger partial charge in [0.25, 0.3) is 0 Å². The van der Waals surface area contributed by atoms with Gasteiger partial charge in [0.1, 0.15) is 5.75 Å². The number of benzene rings is 1. The van der Waals surface area contributed by atoms with Crippen LogP contribution in [0.4, 0.5) is 0 Å². The molecule has 1 aliphatic rings. The zero-order valence-electron chi connectivity index (χ0n) is 16.4. The summed E-state index contributed by atoms with van der Waals surface area (Å²) in [4.78, 5) is 7.17. The second-order valence-corrected chi connectivity index (χ2v) is 6.81. The van der Waals surface area contributed by atoms with Crippen LogP contribution in [0.5, 0.6) is 5.75 Å². The number of nitrogens with zero attached hydrogens (tertiary/aromatic N) is 2. The molecule has 7 heteroatoms. The van der Waals surface area contributed by atoms with Crippen LogP contribution in [0.1, 0.15) is 26.3 Å². The predicted octanol–water partition coefficient (Wildman–Crippen LogP) is 2.48. The Hall–Kier alpha value is -1.06. The van der Waals surface area contributed by atoms with Crippen molar-refractivity contribution in [2.24, 2.45) is 4.99 Å². The molecule has 1 fully saturated rings. The number of methoxy groups -OCH3 is 1. The van der Waals surface area contributed by atoms with Gasteiger partial charge in [0, 0.05) is 31.7 Å². The fraction of sp³-hybridized carbons (Fsp3) is 0.632. The molecular formula is C19H33IN4O2. The van der Waals surface area contributed by atoms with Crippen LogP contribution >= 0.6 is 24.0 Å². The van der Waals surface area contributed by atoms with E-state index in [2.05, 4.69) is 36.3 Å². The summed E-state index contributed by atoms with van der Waals surface area (Å²) in [5, 5.41) is 6.80. The van der Waals surface area contributed by atoms with Gasteiger partial charge in [0.05, 0.1) is 26.9 Å². The number of ether oxygens (including phenoxy) is 2. The van der Waals surface area contributed by atoms with Crippen LogP contribution in [0.15, 0.2) is 29.3 Å². The summed E-state index contributed by atoms with van der Waals surface area (Å²) in [7, 11) is 1.68. The maximum absolute atomic E-state index is 5.46. The molecule has 0 amide bonds. The van der Waals surface area contributed by atoms with Crippen LogP contribution < -0.4 is 15.4 Å². The lowest BCUT2D eigenvalue weighted by Crippen LogP contribution is -2.56. The van der Waals surface area contributed by atoms with Crippen LogP contribution in [0.2, 0.25) is 0 Å². The maximum atomic E-state index is 5.46. The largest absolute Gasteiger partial charge is 0.497 e.